The van der Waals surface area contributed by atoms with E-state index in [1.807, 2.05) is 24.3 Å². The third-order valence-electron chi connectivity index (χ3n) is 4.15. The summed E-state index contributed by atoms with van der Waals surface area (Å²) in [4.78, 5) is 15.5. The Morgan fingerprint density at radius 1 is 1.14 bits per heavy atom. The molecule has 3 rings (SSSR count). The Kier molecular flexibility index (Phi) is 4.04. The Hall–Kier alpha value is -2.10. The zero-order valence-corrected chi connectivity index (χ0v) is 12.0. The zero-order valence-electron chi connectivity index (χ0n) is 12.0. The summed E-state index contributed by atoms with van der Waals surface area (Å²) in [6.45, 7) is 0. The van der Waals surface area contributed by atoms with Gasteiger partial charge in [-0.25, -0.2) is 9.78 Å². The molecule has 2 aromatic rings. The molecule has 1 aliphatic carbocycles. The number of aromatic nitrogens is 1. The number of para-hydroxylation sites is 1. The highest BCUT2D eigenvalue weighted by molar-refractivity contribution is 5.97. The predicted molar refractivity (Wildman–Crippen MR) is 83.8 cm³/mol. The second-order valence-electron chi connectivity index (χ2n) is 5.71. The van der Waals surface area contributed by atoms with Gasteiger partial charge >= 0.3 is 5.97 Å². The minimum absolute atomic E-state index is 0.102. The van der Waals surface area contributed by atoms with Gasteiger partial charge in [-0.1, -0.05) is 43.9 Å². The number of nitrogens with zero attached hydrogens (tertiary/aromatic N) is 1. The number of fused-ring (bicyclic) bond motifs is 1. The first-order valence-corrected chi connectivity index (χ1v) is 7.63. The van der Waals surface area contributed by atoms with Gasteiger partial charge in [-0.3, -0.25) is 0 Å². The number of rotatable bonds is 3. The molecule has 0 aliphatic heterocycles. The second-order valence-corrected chi connectivity index (χ2v) is 5.71. The number of nitrogens with one attached hydrogen (secondary N) is 1. The Morgan fingerprint density at radius 3 is 2.57 bits per heavy atom. The van der Waals surface area contributed by atoms with Crippen molar-refractivity contribution in [1.82, 2.24) is 4.98 Å². The molecule has 1 heterocycles. The molecule has 0 atom stereocenters. The smallest absolute Gasteiger partial charge is 0.354 e. The first-order valence-electron chi connectivity index (χ1n) is 7.63. The van der Waals surface area contributed by atoms with Crippen LogP contribution in [0.2, 0.25) is 0 Å². The lowest BCUT2D eigenvalue weighted by Gasteiger charge is -2.19. The van der Waals surface area contributed by atoms with Gasteiger partial charge < -0.3 is 10.4 Å². The van der Waals surface area contributed by atoms with E-state index < -0.39 is 5.97 Å². The maximum Gasteiger partial charge on any atom is 0.354 e. The van der Waals surface area contributed by atoms with Crippen molar-refractivity contribution in [2.45, 2.75) is 44.6 Å². The van der Waals surface area contributed by atoms with E-state index in [0.717, 1.165) is 29.4 Å². The minimum atomic E-state index is -0.982. The van der Waals surface area contributed by atoms with Crippen LogP contribution in [-0.4, -0.2) is 22.1 Å². The lowest BCUT2D eigenvalue weighted by Crippen LogP contribution is -2.19. The van der Waals surface area contributed by atoms with Gasteiger partial charge in [-0.15, -0.1) is 0 Å². The number of carboxylic acid groups (broad SMARTS) is 1. The summed E-state index contributed by atoms with van der Waals surface area (Å²) >= 11 is 0. The summed E-state index contributed by atoms with van der Waals surface area (Å²) in [7, 11) is 0. The average Bonchev–Trinajstić information content (AvgIpc) is 2.75. The number of pyridine rings is 1. The van der Waals surface area contributed by atoms with Crippen LogP contribution in [0.25, 0.3) is 10.9 Å². The van der Waals surface area contributed by atoms with E-state index in [4.69, 9.17) is 0 Å². The van der Waals surface area contributed by atoms with Crippen molar-refractivity contribution in [2.24, 2.45) is 0 Å². The van der Waals surface area contributed by atoms with Crippen LogP contribution in [0, 0.1) is 0 Å². The van der Waals surface area contributed by atoms with Gasteiger partial charge in [0.2, 0.25) is 0 Å². The number of hydrogen-bond donors (Lipinski definition) is 2. The van der Waals surface area contributed by atoms with Gasteiger partial charge in [-0.05, 0) is 25.0 Å². The standard InChI is InChI=1S/C17H20N2O2/c20-17(21)16-11-15(13-9-5-6-10-14(13)19-16)18-12-7-3-1-2-4-8-12/h5-6,9-12H,1-4,7-8H2,(H,18,19)(H,20,21). The van der Waals surface area contributed by atoms with Crippen molar-refractivity contribution in [2.75, 3.05) is 5.32 Å². The Bertz CT molecular complexity index is 646. The summed E-state index contributed by atoms with van der Waals surface area (Å²) < 4.78 is 0. The fraction of sp³-hybridized carbons (Fsp3) is 0.412. The highest BCUT2D eigenvalue weighted by Crippen LogP contribution is 2.27. The maximum atomic E-state index is 11.3. The predicted octanol–water partition coefficient (Wildman–Crippen LogP) is 4.07. The van der Waals surface area contributed by atoms with Gasteiger partial charge in [0.15, 0.2) is 5.69 Å². The van der Waals surface area contributed by atoms with Crippen LogP contribution in [0.1, 0.15) is 49.0 Å². The average molecular weight is 284 g/mol. The number of aromatic carboxylic acids is 1. The molecule has 0 amide bonds. The third kappa shape index (κ3) is 3.15. The SMILES string of the molecule is O=C(O)c1cc(NC2CCCCCC2)c2ccccc2n1. The molecule has 0 radical (unpaired) electrons. The Labute approximate surface area is 124 Å². The van der Waals surface area contributed by atoms with Crippen molar-refractivity contribution in [1.29, 1.82) is 0 Å². The normalized spacial score (nSPS) is 16.6. The zero-order chi connectivity index (χ0) is 14.7. The van der Waals surface area contributed by atoms with Crippen LogP contribution in [-0.2, 0) is 0 Å². The van der Waals surface area contributed by atoms with E-state index in [1.54, 1.807) is 6.07 Å². The quantitative estimate of drug-likeness (QED) is 0.834. The molecule has 0 bridgehead atoms. The molecular formula is C17H20N2O2. The molecular weight excluding hydrogens is 264 g/mol. The highest BCUT2D eigenvalue weighted by atomic mass is 16.4. The van der Waals surface area contributed by atoms with Crippen molar-refractivity contribution in [3.8, 4) is 0 Å². The summed E-state index contributed by atoms with van der Waals surface area (Å²) in [5, 5.41) is 13.8. The lowest BCUT2D eigenvalue weighted by atomic mass is 10.1. The third-order valence-corrected chi connectivity index (χ3v) is 4.15. The van der Waals surface area contributed by atoms with Gasteiger partial charge in [0.25, 0.3) is 0 Å². The molecule has 21 heavy (non-hydrogen) atoms. The topological polar surface area (TPSA) is 62.2 Å². The summed E-state index contributed by atoms with van der Waals surface area (Å²) in [6.07, 6.45) is 7.39. The first-order chi connectivity index (χ1) is 10.2. The summed E-state index contributed by atoms with van der Waals surface area (Å²) in [5.74, 6) is -0.982. The lowest BCUT2D eigenvalue weighted by molar-refractivity contribution is 0.0691. The Balaban J connectivity index is 1.97. The van der Waals surface area contributed by atoms with Crippen molar-refractivity contribution in [3.63, 3.8) is 0 Å². The first kappa shape index (κ1) is 13.9. The molecule has 1 saturated carbocycles. The molecule has 1 aromatic heterocycles. The summed E-state index contributed by atoms with van der Waals surface area (Å²) in [5.41, 5.74) is 1.73. The van der Waals surface area contributed by atoms with Crippen LogP contribution in [0.4, 0.5) is 5.69 Å². The number of anilines is 1. The van der Waals surface area contributed by atoms with Gasteiger partial charge in [-0.2, -0.15) is 0 Å². The monoisotopic (exact) mass is 284 g/mol. The highest BCUT2D eigenvalue weighted by Gasteiger charge is 2.15. The number of hydrogen-bond acceptors (Lipinski definition) is 3. The maximum absolute atomic E-state index is 11.3. The fourth-order valence-electron chi connectivity index (χ4n) is 3.05. The molecule has 0 saturated heterocycles. The molecule has 0 unspecified atom stereocenters. The van der Waals surface area contributed by atoms with Crippen LogP contribution in [0.5, 0.6) is 0 Å². The van der Waals surface area contributed by atoms with E-state index >= 15 is 0 Å². The van der Waals surface area contributed by atoms with Gasteiger partial charge in [0, 0.05) is 17.1 Å². The van der Waals surface area contributed by atoms with Gasteiger partial charge in [0.1, 0.15) is 0 Å². The number of benzene rings is 1. The molecule has 1 fully saturated rings. The second kappa shape index (κ2) is 6.12. The van der Waals surface area contributed by atoms with Crippen LogP contribution >= 0.6 is 0 Å². The molecule has 2 N–H and O–H groups in total. The van der Waals surface area contributed by atoms with Crippen LogP contribution in [0.15, 0.2) is 30.3 Å². The molecule has 1 aliphatic rings. The molecule has 4 heteroatoms. The molecule has 110 valence electrons. The summed E-state index contributed by atoms with van der Waals surface area (Å²) in [6, 6.07) is 9.79. The largest absolute Gasteiger partial charge is 0.477 e. The van der Waals surface area contributed by atoms with E-state index in [-0.39, 0.29) is 5.69 Å². The Morgan fingerprint density at radius 2 is 1.86 bits per heavy atom. The van der Waals surface area contributed by atoms with Crippen molar-refractivity contribution >= 4 is 22.6 Å². The molecule has 0 spiro atoms. The van der Waals surface area contributed by atoms with E-state index in [2.05, 4.69) is 10.3 Å². The van der Waals surface area contributed by atoms with E-state index in [1.165, 1.54) is 25.7 Å². The number of carboxylic acids is 1. The van der Waals surface area contributed by atoms with E-state index in [9.17, 15) is 9.90 Å². The van der Waals surface area contributed by atoms with Crippen molar-refractivity contribution in [3.05, 3.63) is 36.0 Å². The van der Waals surface area contributed by atoms with Crippen LogP contribution in [0.3, 0.4) is 0 Å². The van der Waals surface area contributed by atoms with E-state index in [0.29, 0.717) is 6.04 Å². The molecule has 1 aromatic carbocycles. The molecule has 4 nitrogen and oxygen atoms in total. The van der Waals surface area contributed by atoms with Crippen molar-refractivity contribution < 1.29 is 9.90 Å². The van der Waals surface area contributed by atoms with Crippen LogP contribution < -0.4 is 5.32 Å². The minimum Gasteiger partial charge on any atom is -0.477 e. The number of carbonyl (C=O) groups is 1. The fourth-order valence-corrected chi connectivity index (χ4v) is 3.05. The van der Waals surface area contributed by atoms with Gasteiger partial charge in [0.05, 0.1) is 5.52 Å².